The first-order chi connectivity index (χ1) is 15.7. The Morgan fingerprint density at radius 3 is 2.58 bits per heavy atom. The molecule has 5 nitrogen and oxygen atoms in total. The Labute approximate surface area is 201 Å². The predicted octanol–water partition coefficient (Wildman–Crippen LogP) is 4.37. The number of anilines is 1. The summed E-state index contributed by atoms with van der Waals surface area (Å²) in [7, 11) is 0. The smallest absolute Gasteiger partial charge is 0.228 e. The van der Waals surface area contributed by atoms with Crippen LogP contribution in [0.3, 0.4) is 0 Å². The van der Waals surface area contributed by atoms with Gasteiger partial charge in [-0.15, -0.1) is 0 Å². The van der Waals surface area contributed by atoms with E-state index in [4.69, 9.17) is 11.6 Å². The van der Waals surface area contributed by atoms with Crippen molar-refractivity contribution >= 4 is 23.2 Å². The lowest BCUT2D eigenvalue weighted by atomic mass is 9.92. The van der Waals surface area contributed by atoms with Crippen molar-refractivity contribution in [2.24, 2.45) is 5.41 Å². The maximum Gasteiger partial charge on any atom is 0.228 e. The summed E-state index contributed by atoms with van der Waals surface area (Å²) < 4.78 is 14.9. The van der Waals surface area contributed by atoms with Gasteiger partial charge in [0, 0.05) is 49.2 Å². The van der Waals surface area contributed by atoms with Gasteiger partial charge in [0.25, 0.3) is 0 Å². The molecule has 7 heteroatoms. The fourth-order valence-corrected chi connectivity index (χ4v) is 4.84. The average Bonchev–Trinajstić information content (AvgIpc) is 3.30. The van der Waals surface area contributed by atoms with Crippen LogP contribution in [0.15, 0.2) is 42.5 Å². The normalized spacial score (nSPS) is 21.5. The van der Waals surface area contributed by atoms with Crippen LogP contribution in [0, 0.1) is 11.2 Å². The van der Waals surface area contributed by atoms with Crippen molar-refractivity contribution in [1.82, 2.24) is 15.5 Å². The highest BCUT2D eigenvalue weighted by Gasteiger charge is 2.35. The molecule has 0 saturated carbocycles. The molecule has 0 bridgehead atoms. The highest BCUT2D eigenvalue weighted by molar-refractivity contribution is 6.30. The van der Waals surface area contributed by atoms with E-state index >= 15 is 0 Å². The van der Waals surface area contributed by atoms with Crippen LogP contribution in [0.5, 0.6) is 0 Å². The quantitative estimate of drug-likeness (QED) is 0.678. The van der Waals surface area contributed by atoms with Crippen LogP contribution in [0.4, 0.5) is 10.1 Å². The van der Waals surface area contributed by atoms with Gasteiger partial charge in [-0.2, -0.15) is 0 Å². The minimum absolute atomic E-state index is 0.120. The molecule has 2 aromatic carbocycles. The maximum absolute atomic E-state index is 14.9. The average molecular weight is 473 g/mol. The molecule has 0 spiro atoms. The molecular formula is C26H34ClFN4O. The third-order valence-corrected chi connectivity index (χ3v) is 6.78. The first-order valence-corrected chi connectivity index (χ1v) is 12.1. The molecule has 2 aliphatic heterocycles. The van der Waals surface area contributed by atoms with Gasteiger partial charge in [0.15, 0.2) is 0 Å². The van der Waals surface area contributed by atoms with Gasteiger partial charge in [-0.25, -0.2) is 4.39 Å². The fraction of sp³-hybridized carbons (Fsp3) is 0.500. The van der Waals surface area contributed by atoms with Gasteiger partial charge < -0.3 is 20.4 Å². The zero-order valence-electron chi connectivity index (χ0n) is 19.7. The van der Waals surface area contributed by atoms with Crippen molar-refractivity contribution in [3.63, 3.8) is 0 Å². The first kappa shape index (κ1) is 24.0. The third-order valence-electron chi connectivity index (χ3n) is 6.55. The SMILES string of the molecule is CC(C)(C)C(=O)N1CCN(c2ccc(Cl)cc2F)[C@H](c2ccc(CN[C@@H]3CCNC3)cc2)C1. The summed E-state index contributed by atoms with van der Waals surface area (Å²) in [6, 6.07) is 13.7. The van der Waals surface area contributed by atoms with Gasteiger partial charge in [-0.05, 0) is 42.3 Å². The number of carbonyl (C=O) groups is 1. The summed E-state index contributed by atoms with van der Waals surface area (Å²) in [6.45, 7) is 10.4. The van der Waals surface area contributed by atoms with Crippen LogP contribution < -0.4 is 15.5 Å². The lowest BCUT2D eigenvalue weighted by Crippen LogP contribution is -2.53. The number of rotatable bonds is 5. The molecule has 0 aromatic heterocycles. The number of amides is 1. The molecular weight excluding hydrogens is 439 g/mol. The monoisotopic (exact) mass is 472 g/mol. The molecule has 2 saturated heterocycles. The van der Waals surface area contributed by atoms with E-state index in [2.05, 4.69) is 39.8 Å². The molecule has 2 aliphatic rings. The Bertz CT molecular complexity index is 969. The molecule has 2 N–H and O–H groups in total. The summed E-state index contributed by atoms with van der Waals surface area (Å²) in [5.74, 6) is -0.219. The van der Waals surface area contributed by atoms with Crippen LogP contribution in [0.2, 0.25) is 5.02 Å². The highest BCUT2D eigenvalue weighted by atomic mass is 35.5. The van der Waals surface area contributed by atoms with Crippen LogP contribution in [-0.4, -0.2) is 49.6 Å². The Balaban J connectivity index is 1.57. The number of benzene rings is 2. The minimum Gasteiger partial charge on any atom is -0.359 e. The fourth-order valence-electron chi connectivity index (χ4n) is 4.68. The Morgan fingerprint density at radius 1 is 1.18 bits per heavy atom. The lowest BCUT2D eigenvalue weighted by molar-refractivity contribution is -0.140. The van der Waals surface area contributed by atoms with Crippen molar-refractivity contribution in [2.75, 3.05) is 37.6 Å². The van der Waals surface area contributed by atoms with Gasteiger partial charge in [0.2, 0.25) is 5.91 Å². The largest absolute Gasteiger partial charge is 0.359 e. The summed E-state index contributed by atoms with van der Waals surface area (Å²) in [4.78, 5) is 17.0. The second kappa shape index (κ2) is 10.00. The Morgan fingerprint density at radius 2 is 1.94 bits per heavy atom. The van der Waals surface area contributed by atoms with E-state index in [1.54, 1.807) is 12.1 Å². The molecule has 0 unspecified atom stereocenters. The molecule has 2 heterocycles. The van der Waals surface area contributed by atoms with Crippen LogP contribution in [0.1, 0.15) is 44.4 Å². The van der Waals surface area contributed by atoms with Crippen LogP contribution in [-0.2, 0) is 11.3 Å². The number of nitrogens with zero attached hydrogens (tertiary/aromatic N) is 2. The Kier molecular flexibility index (Phi) is 7.27. The molecule has 2 atom stereocenters. The number of halogens is 2. The van der Waals surface area contributed by atoms with Gasteiger partial charge in [0.1, 0.15) is 5.82 Å². The van der Waals surface area contributed by atoms with Crippen LogP contribution in [0.25, 0.3) is 0 Å². The van der Waals surface area contributed by atoms with E-state index in [-0.39, 0.29) is 17.8 Å². The van der Waals surface area contributed by atoms with E-state index in [1.807, 2.05) is 25.7 Å². The summed E-state index contributed by atoms with van der Waals surface area (Å²) in [5.41, 5.74) is 2.35. The summed E-state index contributed by atoms with van der Waals surface area (Å²) in [6.07, 6.45) is 1.15. The second-order valence-electron chi connectivity index (χ2n) is 10.1. The van der Waals surface area contributed by atoms with E-state index in [9.17, 15) is 9.18 Å². The molecule has 2 aromatic rings. The first-order valence-electron chi connectivity index (χ1n) is 11.8. The Hall–Kier alpha value is -2.15. The lowest BCUT2D eigenvalue weighted by Gasteiger charge is -2.44. The molecule has 33 heavy (non-hydrogen) atoms. The van der Waals surface area contributed by atoms with E-state index in [0.29, 0.717) is 36.4 Å². The standard InChI is InChI=1S/C26H34ClFN4O/c1-26(2,3)25(33)31-12-13-32(23-9-8-20(27)14-22(23)28)24(17-31)19-6-4-18(5-7-19)15-30-21-10-11-29-16-21/h4-9,14,21,24,29-30H,10-13,15-17H2,1-3H3/t21-,24+/m1/s1. The van der Waals surface area contributed by atoms with Crippen LogP contribution >= 0.6 is 11.6 Å². The highest BCUT2D eigenvalue weighted by Crippen LogP contribution is 2.35. The zero-order valence-corrected chi connectivity index (χ0v) is 20.5. The van der Waals surface area contributed by atoms with Gasteiger partial charge in [-0.1, -0.05) is 56.6 Å². The van der Waals surface area contributed by atoms with E-state index < -0.39 is 5.41 Å². The van der Waals surface area contributed by atoms with Gasteiger partial charge in [-0.3, -0.25) is 4.79 Å². The number of hydrogen-bond acceptors (Lipinski definition) is 4. The number of nitrogens with one attached hydrogen (secondary N) is 2. The molecule has 4 rings (SSSR count). The van der Waals surface area contributed by atoms with Crippen molar-refractivity contribution in [3.8, 4) is 0 Å². The van der Waals surface area contributed by atoms with E-state index in [1.165, 1.54) is 11.6 Å². The van der Waals surface area contributed by atoms with Crippen molar-refractivity contribution < 1.29 is 9.18 Å². The minimum atomic E-state index is -0.455. The zero-order chi connectivity index (χ0) is 23.6. The number of piperazine rings is 1. The predicted molar refractivity (Wildman–Crippen MR) is 132 cm³/mol. The molecule has 178 valence electrons. The molecule has 0 aliphatic carbocycles. The van der Waals surface area contributed by atoms with Crippen molar-refractivity contribution in [3.05, 3.63) is 64.4 Å². The summed E-state index contributed by atoms with van der Waals surface area (Å²) in [5, 5.41) is 7.35. The topological polar surface area (TPSA) is 47.6 Å². The molecule has 0 radical (unpaired) electrons. The van der Waals surface area contributed by atoms with Gasteiger partial charge >= 0.3 is 0 Å². The number of hydrogen-bond donors (Lipinski definition) is 2. The summed E-state index contributed by atoms with van der Waals surface area (Å²) >= 11 is 6.00. The maximum atomic E-state index is 14.9. The van der Waals surface area contributed by atoms with E-state index in [0.717, 1.165) is 31.6 Å². The number of carbonyl (C=O) groups excluding carboxylic acids is 1. The molecule has 1 amide bonds. The third kappa shape index (κ3) is 5.68. The van der Waals surface area contributed by atoms with Crippen molar-refractivity contribution in [1.29, 1.82) is 0 Å². The van der Waals surface area contributed by atoms with Gasteiger partial charge in [0.05, 0.1) is 11.7 Å². The second-order valence-corrected chi connectivity index (χ2v) is 10.6. The molecule has 2 fully saturated rings. The van der Waals surface area contributed by atoms with Crippen molar-refractivity contribution in [2.45, 2.75) is 45.8 Å².